The third-order valence-electron chi connectivity index (χ3n) is 4.98. The van der Waals surface area contributed by atoms with Crippen LogP contribution >= 0.6 is 27.5 Å². The van der Waals surface area contributed by atoms with E-state index >= 15 is 0 Å². The summed E-state index contributed by atoms with van der Waals surface area (Å²) in [4.78, 5) is 25.3. The van der Waals surface area contributed by atoms with Gasteiger partial charge in [0.15, 0.2) is 0 Å². The molecule has 0 bridgehead atoms. The summed E-state index contributed by atoms with van der Waals surface area (Å²) in [6, 6.07) is 7.41. The maximum Gasteiger partial charge on any atom is 0.416 e. The largest absolute Gasteiger partial charge is 0.416 e. The highest BCUT2D eigenvalue weighted by Gasteiger charge is 2.35. The Hall–Kier alpha value is -2.98. The summed E-state index contributed by atoms with van der Waals surface area (Å²) < 4.78 is 67.3. The second-order valence-electron chi connectivity index (χ2n) is 7.14. The van der Waals surface area contributed by atoms with Gasteiger partial charge >= 0.3 is 6.18 Å². The third-order valence-corrected chi connectivity index (χ3v) is 5.84. The number of amides is 2. The minimum Gasteiger partial charge on any atom is -0.341 e. The fraction of sp³-hybridized carbons (Fsp3) is 0.0909. The predicted molar refractivity (Wildman–Crippen MR) is 114 cm³/mol. The fourth-order valence-electron chi connectivity index (χ4n) is 3.56. The first-order valence-corrected chi connectivity index (χ1v) is 10.4. The van der Waals surface area contributed by atoms with Crippen LogP contribution in [0.25, 0.3) is 0 Å². The van der Waals surface area contributed by atoms with Gasteiger partial charge in [-0.15, -0.1) is 0 Å². The monoisotopic (exact) mass is 544 g/mol. The summed E-state index contributed by atoms with van der Waals surface area (Å²) in [5, 5.41) is 4.84. The normalized spacial score (nSPS) is 15.2. The lowest BCUT2D eigenvalue weighted by molar-refractivity contribution is -0.137. The van der Waals surface area contributed by atoms with Gasteiger partial charge in [0.2, 0.25) is 0 Å². The first-order valence-electron chi connectivity index (χ1n) is 9.23. The number of hydrogen-bond acceptors (Lipinski definition) is 2. The van der Waals surface area contributed by atoms with Crippen molar-refractivity contribution in [2.75, 3.05) is 5.32 Å². The Morgan fingerprint density at radius 1 is 1.09 bits per heavy atom. The van der Waals surface area contributed by atoms with Crippen LogP contribution in [0.3, 0.4) is 0 Å². The van der Waals surface area contributed by atoms with E-state index in [2.05, 4.69) is 26.6 Å². The van der Waals surface area contributed by atoms with Crippen molar-refractivity contribution >= 4 is 45.0 Å². The highest BCUT2D eigenvalue weighted by Crippen LogP contribution is 2.41. The summed E-state index contributed by atoms with van der Waals surface area (Å²) in [6.45, 7) is 0. The first kappa shape index (κ1) is 23.2. The number of halogens is 7. The molecule has 1 atom stereocenters. The molecule has 0 aliphatic carbocycles. The van der Waals surface area contributed by atoms with Crippen LogP contribution < -0.4 is 10.6 Å². The summed E-state index contributed by atoms with van der Waals surface area (Å²) >= 11 is 9.29. The number of fused-ring (bicyclic) bond motifs is 1. The van der Waals surface area contributed by atoms with Crippen molar-refractivity contribution in [2.24, 2.45) is 0 Å². The number of benzene rings is 3. The Morgan fingerprint density at radius 3 is 2.52 bits per heavy atom. The van der Waals surface area contributed by atoms with E-state index in [0.717, 1.165) is 6.07 Å². The van der Waals surface area contributed by atoms with Crippen LogP contribution in [0.4, 0.5) is 27.6 Å². The highest BCUT2D eigenvalue weighted by atomic mass is 79.9. The molecular formula is C22H11BrClF5N2O2. The molecule has 2 N–H and O–H groups in total. The third kappa shape index (κ3) is 4.45. The molecule has 0 radical (unpaired) electrons. The Morgan fingerprint density at radius 2 is 1.82 bits per heavy atom. The molecule has 33 heavy (non-hydrogen) atoms. The molecule has 11 heteroatoms. The molecule has 4 rings (SSSR count). The summed E-state index contributed by atoms with van der Waals surface area (Å²) in [5.41, 5.74) is -1.27. The van der Waals surface area contributed by atoms with E-state index < -0.39 is 46.8 Å². The Labute approximate surface area is 196 Å². The van der Waals surface area contributed by atoms with Crippen molar-refractivity contribution in [3.05, 3.63) is 97.5 Å². The standard InChI is InChI=1S/C22H11BrClF5N2O2/c23-11-7-14-17(19(31-21(14)33)13-2-1-3-15(26)18(13)24)16(8-11)30-20(32)9-4-10(22(27,28)29)6-12(25)5-9/h1-8,19H,(H,30,32)(H,31,33). The first-order chi connectivity index (χ1) is 15.5. The molecule has 0 saturated carbocycles. The van der Waals surface area contributed by atoms with Crippen molar-refractivity contribution in [3.8, 4) is 0 Å². The zero-order chi connectivity index (χ0) is 24.1. The molecule has 0 fully saturated rings. The molecule has 2 amide bonds. The molecule has 3 aromatic rings. The van der Waals surface area contributed by atoms with E-state index in [4.69, 9.17) is 11.6 Å². The van der Waals surface area contributed by atoms with Crippen molar-refractivity contribution in [1.82, 2.24) is 5.32 Å². The number of alkyl halides is 3. The molecule has 0 spiro atoms. The zero-order valence-corrected chi connectivity index (χ0v) is 18.5. The van der Waals surface area contributed by atoms with Crippen LogP contribution in [0, 0.1) is 11.6 Å². The Kier molecular flexibility index (Phi) is 5.92. The van der Waals surface area contributed by atoms with Gasteiger partial charge in [0, 0.05) is 32.4 Å². The van der Waals surface area contributed by atoms with Crippen LogP contribution in [0.1, 0.15) is 43.4 Å². The van der Waals surface area contributed by atoms with E-state index in [1.54, 1.807) is 0 Å². The SMILES string of the molecule is O=C(Nc1cc(Br)cc2c1C(c1cccc(F)c1Cl)NC2=O)c1cc(F)cc(C(F)(F)F)c1. The second-order valence-corrected chi connectivity index (χ2v) is 8.44. The number of rotatable bonds is 3. The van der Waals surface area contributed by atoms with Gasteiger partial charge in [-0.3, -0.25) is 9.59 Å². The molecule has 1 heterocycles. The fourth-order valence-corrected chi connectivity index (χ4v) is 4.25. The van der Waals surface area contributed by atoms with Gasteiger partial charge in [-0.25, -0.2) is 8.78 Å². The van der Waals surface area contributed by atoms with Gasteiger partial charge in [0.05, 0.1) is 16.6 Å². The topological polar surface area (TPSA) is 58.2 Å². The second kappa shape index (κ2) is 8.42. The van der Waals surface area contributed by atoms with E-state index in [9.17, 15) is 31.5 Å². The van der Waals surface area contributed by atoms with Crippen LogP contribution in [0.5, 0.6) is 0 Å². The highest BCUT2D eigenvalue weighted by molar-refractivity contribution is 9.10. The maximum atomic E-state index is 14.0. The lowest BCUT2D eigenvalue weighted by Crippen LogP contribution is -2.21. The van der Waals surface area contributed by atoms with Gasteiger partial charge in [0.1, 0.15) is 11.6 Å². The average Bonchev–Trinajstić information content (AvgIpc) is 3.05. The summed E-state index contributed by atoms with van der Waals surface area (Å²) in [5.74, 6) is -3.53. The van der Waals surface area contributed by atoms with Crippen molar-refractivity contribution < 1.29 is 31.5 Å². The molecule has 1 aliphatic heterocycles. The molecule has 3 aromatic carbocycles. The molecule has 4 nitrogen and oxygen atoms in total. The molecular weight excluding hydrogens is 535 g/mol. The van der Waals surface area contributed by atoms with Gasteiger partial charge in [-0.1, -0.05) is 39.7 Å². The quantitative estimate of drug-likeness (QED) is 0.370. The van der Waals surface area contributed by atoms with Crippen molar-refractivity contribution in [2.45, 2.75) is 12.2 Å². The zero-order valence-electron chi connectivity index (χ0n) is 16.2. The number of hydrogen-bond donors (Lipinski definition) is 2. The lowest BCUT2D eigenvalue weighted by Gasteiger charge is -2.18. The Balaban J connectivity index is 1.79. The summed E-state index contributed by atoms with van der Waals surface area (Å²) in [7, 11) is 0. The van der Waals surface area contributed by atoms with E-state index in [-0.39, 0.29) is 33.5 Å². The minimum atomic E-state index is -4.86. The van der Waals surface area contributed by atoms with Crippen LogP contribution in [-0.4, -0.2) is 11.8 Å². The molecule has 0 saturated heterocycles. The molecule has 170 valence electrons. The van der Waals surface area contributed by atoms with Gasteiger partial charge in [-0.05, 0) is 36.4 Å². The number of anilines is 1. The van der Waals surface area contributed by atoms with Crippen LogP contribution in [0.2, 0.25) is 5.02 Å². The number of carbonyl (C=O) groups is 2. The van der Waals surface area contributed by atoms with Crippen LogP contribution in [-0.2, 0) is 6.18 Å². The van der Waals surface area contributed by atoms with Crippen LogP contribution in [0.15, 0.2) is 53.0 Å². The minimum absolute atomic E-state index is 0.0471. The predicted octanol–water partition coefficient (Wildman–Crippen LogP) is 6.48. The molecule has 1 unspecified atom stereocenters. The summed E-state index contributed by atoms with van der Waals surface area (Å²) in [6.07, 6.45) is -4.86. The van der Waals surface area contributed by atoms with E-state index in [0.29, 0.717) is 16.6 Å². The smallest absolute Gasteiger partial charge is 0.341 e. The molecule has 1 aliphatic rings. The van der Waals surface area contributed by atoms with Crippen molar-refractivity contribution in [1.29, 1.82) is 0 Å². The number of carbonyl (C=O) groups excluding carboxylic acids is 2. The Bertz CT molecular complexity index is 1310. The lowest BCUT2D eigenvalue weighted by atomic mass is 9.96. The molecule has 0 aromatic heterocycles. The van der Waals surface area contributed by atoms with Gasteiger partial charge in [-0.2, -0.15) is 13.2 Å². The van der Waals surface area contributed by atoms with Crippen molar-refractivity contribution in [3.63, 3.8) is 0 Å². The maximum absolute atomic E-state index is 14.0. The number of nitrogens with one attached hydrogen (secondary N) is 2. The van der Waals surface area contributed by atoms with E-state index in [1.807, 2.05) is 0 Å². The van der Waals surface area contributed by atoms with Gasteiger partial charge in [0.25, 0.3) is 11.8 Å². The average molecular weight is 546 g/mol. The van der Waals surface area contributed by atoms with E-state index in [1.165, 1.54) is 24.3 Å². The van der Waals surface area contributed by atoms with Gasteiger partial charge < -0.3 is 10.6 Å².